The minimum Gasteiger partial charge on any atom is -0.493 e. The van der Waals surface area contributed by atoms with Crippen LogP contribution in [0.5, 0.6) is 11.5 Å². The molecule has 0 spiro atoms. The fourth-order valence-electron chi connectivity index (χ4n) is 2.59. The molecule has 3 N–H and O–H groups in total. The van der Waals surface area contributed by atoms with Gasteiger partial charge in [-0.25, -0.2) is 5.01 Å². The van der Waals surface area contributed by atoms with Crippen molar-refractivity contribution in [3.63, 3.8) is 0 Å². The second-order valence-electron chi connectivity index (χ2n) is 5.76. The van der Waals surface area contributed by atoms with E-state index in [1.54, 1.807) is 36.4 Å². The van der Waals surface area contributed by atoms with Crippen molar-refractivity contribution in [2.75, 3.05) is 18.7 Å². The summed E-state index contributed by atoms with van der Waals surface area (Å²) in [5.41, 5.74) is 8.69. The molecule has 0 saturated carbocycles. The quantitative estimate of drug-likeness (QED) is 0.519. The zero-order valence-electron chi connectivity index (χ0n) is 14.8. The molecule has 0 bridgehead atoms. The van der Waals surface area contributed by atoms with E-state index >= 15 is 0 Å². The molecule has 0 atom stereocenters. The third kappa shape index (κ3) is 3.99. The summed E-state index contributed by atoms with van der Waals surface area (Å²) in [7, 11) is 1.43. The van der Waals surface area contributed by atoms with Crippen LogP contribution in [0.25, 0.3) is 6.08 Å². The first-order valence-corrected chi connectivity index (χ1v) is 8.91. The average Bonchev–Trinajstić information content (AvgIpc) is 2.95. The van der Waals surface area contributed by atoms with Crippen molar-refractivity contribution in [3.8, 4) is 11.5 Å². The molecule has 1 aliphatic heterocycles. The fourth-order valence-corrected chi connectivity index (χ4v) is 3.16. The van der Waals surface area contributed by atoms with Crippen molar-refractivity contribution >= 4 is 45.4 Å². The second-order valence-corrected chi connectivity index (χ2v) is 6.62. The minimum absolute atomic E-state index is 0.0244. The lowest BCUT2D eigenvalue weighted by Gasteiger charge is -2.14. The molecule has 3 rings (SSSR count). The highest BCUT2D eigenvalue weighted by atomic mass is 79.9. The number of nitrogens with zero attached hydrogens (tertiary/aromatic N) is 1. The maximum absolute atomic E-state index is 12.7. The lowest BCUT2D eigenvalue weighted by atomic mass is 10.1. The number of hydrazine groups is 1. The number of carbonyl (C=O) groups is 3. The normalized spacial score (nSPS) is 14.9. The third-order valence-electron chi connectivity index (χ3n) is 3.83. The molecule has 9 heteroatoms. The second kappa shape index (κ2) is 8.13. The lowest BCUT2D eigenvalue weighted by Crippen LogP contribution is -2.35. The van der Waals surface area contributed by atoms with Gasteiger partial charge in [0.25, 0.3) is 17.7 Å². The van der Waals surface area contributed by atoms with E-state index in [1.165, 1.54) is 18.2 Å². The number of amides is 3. The van der Waals surface area contributed by atoms with Crippen LogP contribution in [0, 0.1) is 0 Å². The number of ether oxygens (including phenoxy) is 2. The number of nitrogens with two attached hydrogens (primary N) is 1. The molecule has 1 aliphatic rings. The Bertz CT molecular complexity index is 975. The van der Waals surface area contributed by atoms with Gasteiger partial charge < -0.3 is 15.2 Å². The van der Waals surface area contributed by atoms with Crippen molar-refractivity contribution < 1.29 is 23.9 Å². The summed E-state index contributed by atoms with van der Waals surface area (Å²) < 4.78 is 11.1. The van der Waals surface area contributed by atoms with E-state index in [2.05, 4.69) is 21.4 Å². The number of benzene rings is 2. The largest absolute Gasteiger partial charge is 0.493 e. The highest BCUT2D eigenvalue weighted by molar-refractivity contribution is 9.10. The van der Waals surface area contributed by atoms with Gasteiger partial charge in [-0.1, -0.05) is 18.2 Å². The number of primary amides is 1. The average molecular weight is 446 g/mol. The molecular weight excluding hydrogens is 430 g/mol. The molecule has 1 saturated heterocycles. The summed E-state index contributed by atoms with van der Waals surface area (Å²) in [6, 6.07) is 12.0. The number of halogens is 1. The van der Waals surface area contributed by atoms with Gasteiger partial charge in [0.1, 0.15) is 5.57 Å². The molecule has 28 heavy (non-hydrogen) atoms. The van der Waals surface area contributed by atoms with E-state index in [1.807, 2.05) is 6.07 Å². The van der Waals surface area contributed by atoms with Gasteiger partial charge in [-0.15, -0.1) is 0 Å². The number of hydrogen-bond acceptors (Lipinski definition) is 5. The maximum Gasteiger partial charge on any atom is 0.282 e. The summed E-state index contributed by atoms with van der Waals surface area (Å²) >= 11 is 3.33. The minimum atomic E-state index is -0.630. The van der Waals surface area contributed by atoms with Crippen LogP contribution in [0.4, 0.5) is 5.69 Å². The molecular formula is C19H16BrN3O5. The SMILES string of the molecule is COc1cc(C=C2C(=O)NN(c3ccccc3)C2=O)cc(Br)c1OCC(N)=O. The number of carbonyl (C=O) groups excluding carboxylic acids is 3. The molecule has 144 valence electrons. The molecule has 3 amide bonds. The van der Waals surface area contributed by atoms with Gasteiger partial charge in [0, 0.05) is 0 Å². The number of para-hydroxylation sites is 1. The Hall–Kier alpha value is -3.33. The zero-order chi connectivity index (χ0) is 20.3. The molecule has 2 aromatic carbocycles. The Labute approximate surface area is 169 Å². The van der Waals surface area contributed by atoms with E-state index in [4.69, 9.17) is 15.2 Å². The van der Waals surface area contributed by atoms with Crippen LogP contribution in [-0.2, 0) is 14.4 Å². The summed E-state index contributed by atoms with van der Waals surface area (Å²) in [6.45, 7) is -0.317. The fraction of sp³-hybridized carbons (Fsp3) is 0.105. The number of nitrogens with one attached hydrogen (secondary N) is 1. The third-order valence-corrected chi connectivity index (χ3v) is 4.42. The lowest BCUT2D eigenvalue weighted by molar-refractivity contribution is -0.120. The Morgan fingerprint density at radius 1 is 1.25 bits per heavy atom. The monoisotopic (exact) mass is 445 g/mol. The van der Waals surface area contributed by atoms with Crippen molar-refractivity contribution in [1.82, 2.24) is 5.43 Å². The standard InChI is InChI=1S/C19H16BrN3O5/c1-27-15-9-11(8-14(20)17(15)28-10-16(21)24)7-13-18(25)22-23(19(13)26)12-5-3-2-4-6-12/h2-9H,10H2,1H3,(H2,21,24)(H,22,25). The van der Waals surface area contributed by atoms with Crippen LogP contribution in [0.3, 0.4) is 0 Å². The van der Waals surface area contributed by atoms with Gasteiger partial charge in [0.15, 0.2) is 18.1 Å². The van der Waals surface area contributed by atoms with Crippen LogP contribution in [0.15, 0.2) is 52.5 Å². The summed E-state index contributed by atoms with van der Waals surface area (Å²) in [4.78, 5) is 35.9. The zero-order valence-corrected chi connectivity index (χ0v) is 16.4. The Balaban J connectivity index is 1.92. The molecule has 0 unspecified atom stereocenters. The van der Waals surface area contributed by atoms with Crippen LogP contribution in [0.2, 0.25) is 0 Å². The van der Waals surface area contributed by atoms with Gasteiger partial charge >= 0.3 is 0 Å². The van der Waals surface area contributed by atoms with Crippen molar-refractivity contribution in [1.29, 1.82) is 0 Å². The summed E-state index contributed by atoms with van der Waals surface area (Å²) in [6.07, 6.45) is 1.45. The molecule has 0 radical (unpaired) electrons. The van der Waals surface area contributed by atoms with E-state index in [0.29, 0.717) is 21.5 Å². The Kier molecular flexibility index (Phi) is 5.65. The molecule has 8 nitrogen and oxygen atoms in total. The van der Waals surface area contributed by atoms with Crippen LogP contribution in [0.1, 0.15) is 5.56 Å². The highest BCUT2D eigenvalue weighted by Gasteiger charge is 2.34. The van der Waals surface area contributed by atoms with Gasteiger partial charge in [0.2, 0.25) is 0 Å². The molecule has 2 aromatic rings. The van der Waals surface area contributed by atoms with Crippen molar-refractivity contribution in [3.05, 3.63) is 58.1 Å². The van der Waals surface area contributed by atoms with E-state index < -0.39 is 17.7 Å². The number of anilines is 1. The smallest absolute Gasteiger partial charge is 0.282 e. The van der Waals surface area contributed by atoms with Crippen molar-refractivity contribution in [2.24, 2.45) is 5.73 Å². The molecule has 1 fully saturated rings. The highest BCUT2D eigenvalue weighted by Crippen LogP contribution is 2.37. The Morgan fingerprint density at radius 2 is 1.96 bits per heavy atom. The number of methoxy groups -OCH3 is 1. The maximum atomic E-state index is 12.7. The summed E-state index contributed by atoms with van der Waals surface area (Å²) in [5.74, 6) is -1.02. The van der Waals surface area contributed by atoms with E-state index in [9.17, 15) is 14.4 Å². The van der Waals surface area contributed by atoms with Gasteiger partial charge in [-0.2, -0.15) is 0 Å². The predicted octanol–water partition coefficient (Wildman–Crippen LogP) is 1.78. The van der Waals surface area contributed by atoms with Crippen LogP contribution < -0.4 is 25.6 Å². The van der Waals surface area contributed by atoms with Crippen LogP contribution in [-0.4, -0.2) is 31.4 Å². The molecule has 0 aromatic heterocycles. The van der Waals surface area contributed by atoms with Crippen molar-refractivity contribution in [2.45, 2.75) is 0 Å². The predicted molar refractivity (Wildman–Crippen MR) is 105 cm³/mol. The molecule has 0 aliphatic carbocycles. The van der Waals surface area contributed by atoms with Gasteiger partial charge in [-0.3, -0.25) is 19.8 Å². The first kappa shape index (κ1) is 19.4. The first-order chi connectivity index (χ1) is 13.4. The molecule has 1 heterocycles. The van der Waals surface area contributed by atoms with E-state index in [-0.39, 0.29) is 17.9 Å². The number of hydrogen-bond donors (Lipinski definition) is 2. The number of rotatable bonds is 6. The van der Waals surface area contributed by atoms with E-state index in [0.717, 1.165) is 0 Å². The van der Waals surface area contributed by atoms with Gasteiger partial charge in [-0.05, 0) is 51.8 Å². The summed E-state index contributed by atoms with van der Waals surface area (Å²) in [5, 5.41) is 1.19. The first-order valence-electron chi connectivity index (χ1n) is 8.11. The Morgan fingerprint density at radius 3 is 2.61 bits per heavy atom. The van der Waals surface area contributed by atoms with Gasteiger partial charge in [0.05, 0.1) is 17.3 Å². The topological polar surface area (TPSA) is 111 Å². The van der Waals surface area contributed by atoms with Crippen LogP contribution >= 0.6 is 15.9 Å².